The van der Waals surface area contributed by atoms with Crippen molar-refractivity contribution >= 4 is 22.7 Å². The van der Waals surface area contributed by atoms with Crippen LogP contribution in [-0.4, -0.2) is 19.7 Å². The van der Waals surface area contributed by atoms with E-state index in [-0.39, 0.29) is 11.1 Å². The first-order chi connectivity index (χ1) is 20.1. The maximum absolute atomic E-state index is 11.8. The zero-order chi connectivity index (χ0) is 30.2. The standard InChI is InChI=1S/C30H14N4O8/c35-31(36)27-19-25(29(33(39)40)17-23(27)13-11-21-7-3-1-4-8-21)15-16-26-20-28(32(37)38)24(18-30(26)34(41)42)14-12-22-9-5-2-6-10-22/h1-10,17-20H. The van der Waals surface area contributed by atoms with Crippen molar-refractivity contribution in [2.45, 2.75) is 0 Å². The molecule has 0 saturated carbocycles. The molecule has 0 aliphatic heterocycles. The molecule has 0 heterocycles. The first-order valence-electron chi connectivity index (χ1n) is 11.7. The number of nitro groups is 4. The molecule has 42 heavy (non-hydrogen) atoms. The number of nitro benzene ring substituents is 4. The van der Waals surface area contributed by atoms with Gasteiger partial charge in [0.05, 0.1) is 19.7 Å². The van der Waals surface area contributed by atoms with Gasteiger partial charge in [0.1, 0.15) is 22.3 Å². The Balaban J connectivity index is 1.85. The first kappa shape index (κ1) is 28.2. The molecule has 0 amide bonds. The third kappa shape index (κ3) is 6.59. The minimum atomic E-state index is -0.833. The van der Waals surface area contributed by atoms with Gasteiger partial charge in [-0.3, -0.25) is 40.5 Å². The predicted molar refractivity (Wildman–Crippen MR) is 150 cm³/mol. The highest BCUT2D eigenvalue weighted by molar-refractivity contribution is 5.69. The Hall–Kier alpha value is -6.84. The van der Waals surface area contributed by atoms with Gasteiger partial charge in [0.2, 0.25) is 0 Å². The molecular formula is C30H14N4O8. The van der Waals surface area contributed by atoms with Gasteiger partial charge in [0.25, 0.3) is 22.7 Å². The van der Waals surface area contributed by atoms with Gasteiger partial charge in [0.15, 0.2) is 0 Å². The summed E-state index contributed by atoms with van der Waals surface area (Å²) < 4.78 is 0. The molecule has 0 aliphatic rings. The molecular weight excluding hydrogens is 544 g/mol. The Morgan fingerprint density at radius 2 is 0.619 bits per heavy atom. The molecule has 0 saturated heterocycles. The lowest BCUT2D eigenvalue weighted by molar-refractivity contribution is -0.389. The Kier molecular flexibility index (Phi) is 8.28. The van der Waals surface area contributed by atoms with Crippen LogP contribution in [0.3, 0.4) is 0 Å². The number of rotatable bonds is 4. The maximum Gasteiger partial charge on any atom is 0.286 e. The quantitative estimate of drug-likeness (QED) is 0.179. The molecule has 4 aromatic carbocycles. The molecule has 0 aromatic heterocycles. The van der Waals surface area contributed by atoms with Crippen LogP contribution in [0.1, 0.15) is 33.4 Å². The summed E-state index contributed by atoms with van der Waals surface area (Å²) >= 11 is 0. The molecule has 0 fully saturated rings. The van der Waals surface area contributed by atoms with E-state index in [0.717, 1.165) is 24.3 Å². The lowest BCUT2D eigenvalue weighted by atomic mass is 10.0. The van der Waals surface area contributed by atoms with Crippen molar-refractivity contribution in [3.63, 3.8) is 0 Å². The minimum absolute atomic E-state index is 0.246. The van der Waals surface area contributed by atoms with Crippen LogP contribution in [0.25, 0.3) is 0 Å². The fourth-order valence-electron chi connectivity index (χ4n) is 3.61. The van der Waals surface area contributed by atoms with E-state index in [1.54, 1.807) is 60.7 Å². The molecule has 202 valence electrons. The van der Waals surface area contributed by atoms with Crippen LogP contribution in [0.5, 0.6) is 0 Å². The monoisotopic (exact) mass is 558 g/mol. The Labute approximate surface area is 236 Å². The van der Waals surface area contributed by atoms with Gasteiger partial charge in [-0.2, -0.15) is 0 Å². The normalized spacial score (nSPS) is 9.62. The molecule has 12 nitrogen and oxygen atoms in total. The van der Waals surface area contributed by atoms with Crippen molar-refractivity contribution < 1.29 is 19.7 Å². The number of hydrogen-bond donors (Lipinski definition) is 0. The van der Waals surface area contributed by atoms with Crippen molar-refractivity contribution in [2.24, 2.45) is 0 Å². The minimum Gasteiger partial charge on any atom is -0.258 e. The summed E-state index contributed by atoms with van der Waals surface area (Å²) in [6.45, 7) is 0. The van der Waals surface area contributed by atoms with E-state index < -0.39 is 53.6 Å². The average molecular weight is 558 g/mol. The summed E-state index contributed by atoms with van der Waals surface area (Å²) in [5, 5.41) is 47.1. The van der Waals surface area contributed by atoms with Crippen molar-refractivity contribution in [1.82, 2.24) is 0 Å². The summed E-state index contributed by atoms with van der Waals surface area (Å²) in [6, 6.07) is 20.3. The maximum atomic E-state index is 11.8. The number of benzene rings is 4. The van der Waals surface area contributed by atoms with Crippen molar-refractivity contribution in [3.05, 3.63) is 159 Å². The van der Waals surface area contributed by atoms with E-state index in [4.69, 9.17) is 0 Å². The van der Waals surface area contributed by atoms with Crippen LogP contribution < -0.4 is 0 Å². The van der Waals surface area contributed by atoms with Gasteiger partial charge >= 0.3 is 0 Å². The second-order valence-corrected chi connectivity index (χ2v) is 8.28. The van der Waals surface area contributed by atoms with Gasteiger partial charge in [-0.1, -0.05) is 71.9 Å². The van der Waals surface area contributed by atoms with Crippen LogP contribution in [0.2, 0.25) is 0 Å². The summed E-state index contributed by atoms with van der Waals surface area (Å²) in [5.41, 5.74) is -2.80. The topological polar surface area (TPSA) is 173 Å². The number of nitrogens with zero attached hydrogens (tertiary/aromatic N) is 4. The fourth-order valence-corrected chi connectivity index (χ4v) is 3.61. The molecule has 12 heteroatoms. The van der Waals surface area contributed by atoms with E-state index in [9.17, 15) is 40.5 Å². The summed E-state index contributed by atoms with van der Waals surface area (Å²) in [5.74, 6) is 15.2. The van der Waals surface area contributed by atoms with Crippen LogP contribution in [0.15, 0.2) is 84.9 Å². The highest BCUT2D eigenvalue weighted by Gasteiger charge is 2.25. The Bertz CT molecular complexity index is 1820. The zero-order valence-electron chi connectivity index (χ0n) is 21.1. The highest BCUT2D eigenvalue weighted by atomic mass is 16.6. The van der Waals surface area contributed by atoms with Gasteiger partial charge in [-0.15, -0.1) is 0 Å². The van der Waals surface area contributed by atoms with Crippen molar-refractivity contribution in [1.29, 1.82) is 0 Å². The van der Waals surface area contributed by atoms with Gasteiger partial charge in [0, 0.05) is 35.4 Å². The van der Waals surface area contributed by atoms with E-state index >= 15 is 0 Å². The first-order valence-corrected chi connectivity index (χ1v) is 11.7. The zero-order valence-corrected chi connectivity index (χ0v) is 21.1. The lowest BCUT2D eigenvalue weighted by Crippen LogP contribution is -2.00. The molecule has 0 aliphatic carbocycles. The van der Waals surface area contributed by atoms with Crippen molar-refractivity contribution in [3.8, 4) is 35.5 Å². The molecule has 4 aromatic rings. The Morgan fingerprint density at radius 1 is 0.381 bits per heavy atom. The predicted octanol–water partition coefficient (Wildman–Crippen LogP) is 5.52. The second-order valence-electron chi connectivity index (χ2n) is 8.28. The third-order valence-corrected chi connectivity index (χ3v) is 5.58. The number of hydrogen-bond acceptors (Lipinski definition) is 8. The SMILES string of the molecule is O=[N+]([O-])c1cc(C#Cc2cc([N+](=O)[O-])c(C#Cc3ccccc3)cc2[N+](=O)[O-])c([N+](=O)[O-])cc1C#Cc1ccccc1. The average Bonchev–Trinajstić information content (AvgIpc) is 2.98. The smallest absolute Gasteiger partial charge is 0.258 e. The lowest BCUT2D eigenvalue weighted by Gasteiger charge is -2.01. The van der Waals surface area contributed by atoms with E-state index in [1.165, 1.54) is 0 Å². The fraction of sp³-hybridized carbons (Fsp3) is 0. The largest absolute Gasteiger partial charge is 0.286 e. The summed E-state index contributed by atoms with van der Waals surface area (Å²) in [6.07, 6.45) is 0. The molecule has 0 spiro atoms. The van der Waals surface area contributed by atoms with Gasteiger partial charge in [-0.05, 0) is 24.3 Å². The molecule has 4 rings (SSSR count). The highest BCUT2D eigenvalue weighted by Crippen LogP contribution is 2.30. The molecule has 0 radical (unpaired) electrons. The van der Waals surface area contributed by atoms with Gasteiger partial charge < -0.3 is 0 Å². The van der Waals surface area contributed by atoms with Crippen LogP contribution >= 0.6 is 0 Å². The van der Waals surface area contributed by atoms with E-state index in [2.05, 4.69) is 35.5 Å². The summed E-state index contributed by atoms with van der Waals surface area (Å²) in [4.78, 5) is 43.8. The second kappa shape index (κ2) is 12.3. The van der Waals surface area contributed by atoms with Crippen molar-refractivity contribution in [2.75, 3.05) is 0 Å². The van der Waals surface area contributed by atoms with Crippen LogP contribution in [-0.2, 0) is 0 Å². The molecule has 0 N–H and O–H groups in total. The van der Waals surface area contributed by atoms with Crippen LogP contribution in [0.4, 0.5) is 22.7 Å². The summed E-state index contributed by atoms with van der Waals surface area (Å²) in [7, 11) is 0. The molecule has 0 atom stereocenters. The Morgan fingerprint density at radius 3 is 0.857 bits per heavy atom. The van der Waals surface area contributed by atoms with E-state index in [0.29, 0.717) is 11.1 Å². The van der Waals surface area contributed by atoms with Crippen LogP contribution in [0, 0.1) is 76.0 Å². The van der Waals surface area contributed by atoms with E-state index in [1.807, 2.05) is 0 Å². The third-order valence-electron chi connectivity index (χ3n) is 5.58. The van der Waals surface area contributed by atoms with Gasteiger partial charge in [-0.25, -0.2) is 0 Å². The molecule has 0 bridgehead atoms. The molecule has 0 unspecified atom stereocenters.